The molecule has 0 saturated heterocycles. The number of carbonyl (C=O) groups is 1. The lowest BCUT2D eigenvalue weighted by molar-refractivity contribution is -0.141. The van der Waals surface area contributed by atoms with Crippen LogP contribution >= 0.6 is 15.9 Å². The molecule has 0 aromatic heterocycles. The van der Waals surface area contributed by atoms with E-state index in [1.165, 1.54) is 13.2 Å². The van der Waals surface area contributed by atoms with Gasteiger partial charge >= 0.3 is 5.97 Å². The second kappa shape index (κ2) is 7.36. The van der Waals surface area contributed by atoms with Gasteiger partial charge in [0.05, 0.1) is 11.6 Å². The molecule has 1 aromatic rings. The fourth-order valence-corrected chi connectivity index (χ4v) is 1.83. The number of anilines is 1. The topological polar surface area (TPSA) is 38.3 Å². The smallest absolute Gasteiger partial charge is 0.328 e. The molecule has 0 bridgehead atoms. The summed E-state index contributed by atoms with van der Waals surface area (Å²) in [4.78, 5) is 11.6. The molecular weight excluding hydrogens is 301 g/mol. The summed E-state index contributed by atoms with van der Waals surface area (Å²) in [6.07, 6.45) is 2.57. The van der Waals surface area contributed by atoms with Crippen molar-refractivity contribution in [3.05, 3.63) is 28.5 Å². The van der Waals surface area contributed by atoms with E-state index in [1.54, 1.807) is 12.1 Å². The molecule has 18 heavy (non-hydrogen) atoms. The molecular formula is C13H17BrFNO2. The van der Waals surface area contributed by atoms with Crippen LogP contribution in [-0.2, 0) is 9.53 Å². The number of unbranched alkanes of at least 4 members (excludes halogenated alkanes) is 1. The van der Waals surface area contributed by atoms with E-state index in [0.29, 0.717) is 16.6 Å². The fourth-order valence-electron chi connectivity index (χ4n) is 1.59. The Labute approximate surface area is 115 Å². The summed E-state index contributed by atoms with van der Waals surface area (Å²) in [6, 6.07) is 4.24. The van der Waals surface area contributed by atoms with Crippen molar-refractivity contribution in [3.8, 4) is 0 Å². The van der Waals surface area contributed by atoms with Gasteiger partial charge in [-0.1, -0.05) is 19.8 Å². The number of methoxy groups -OCH3 is 1. The molecule has 5 heteroatoms. The van der Waals surface area contributed by atoms with Crippen molar-refractivity contribution < 1.29 is 13.9 Å². The molecule has 0 heterocycles. The quantitative estimate of drug-likeness (QED) is 0.812. The summed E-state index contributed by atoms with van der Waals surface area (Å²) >= 11 is 3.09. The molecule has 0 radical (unpaired) electrons. The van der Waals surface area contributed by atoms with Crippen molar-refractivity contribution in [3.63, 3.8) is 0 Å². The zero-order valence-corrected chi connectivity index (χ0v) is 12.1. The van der Waals surface area contributed by atoms with E-state index in [4.69, 9.17) is 4.74 Å². The van der Waals surface area contributed by atoms with E-state index in [1.807, 2.05) is 6.92 Å². The molecule has 1 unspecified atom stereocenters. The van der Waals surface area contributed by atoms with Gasteiger partial charge in [-0.15, -0.1) is 0 Å². The highest BCUT2D eigenvalue weighted by atomic mass is 79.9. The zero-order chi connectivity index (χ0) is 13.5. The van der Waals surface area contributed by atoms with Crippen molar-refractivity contribution in [1.29, 1.82) is 0 Å². The highest BCUT2D eigenvalue weighted by molar-refractivity contribution is 9.10. The second-order valence-electron chi connectivity index (χ2n) is 3.99. The van der Waals surface area contributed by atoms with Gasteiger partial charge < -0.3 is 10.1 Å². The third-order valence-corrected chi connectivity index (χ3v) is 3.24. The minimum absolute atomic E-state index is 0.327. The van der Waals surface area contributed by atoms with Crippen LogP contribution in [0, 0.1) is 5.82 Å². The van der Waals surface area contributed by atoms with Crippen molar-refractivity contribution in [1.82, 2.24) is 0 Å². The van der Waals surface area contributed by atoms with Gasteiger partial charge in [0.2, 0.25) is 0 Å². The molecule has 0 aliphatic rings. The zero-order valence-electron chi connectivity index (χ0n) is 10.5. The Balaban J connectivity index is 2.75. The second-order valence-corrected chi connectivity index (χ2v) is 4.85. The average Bonchev–Trinajstić information content (AvgIpc) is 2.37. The number of ether oxygens (including phenoxy) is 1. The van der Waals surface area contributed by atoms with Crippen molar-refractivity contribution >= 4 is 27.6 Å². The van der Waals surface area contributed by atoms with Gasteiger partial charge in [0, 0.05) is 5.69 Å². The summed E-state index contributed by atoms with van der Waals surface area (Å²) in [6.45, 7) is 2.05. The first kappa shape index (κ1) is 15.0. The van der Waals surface area contributed by atoms with Gasteiger partial charge in [0.25, 0.3) is 0 Å². The maximum atomic E-state index is 13.4. The molecule has 1 atom stereocenters. The van der Waals surface area contributed by atoms with E-state index < -0.39 is 6.04 Å². The van der Waals surface area contributed by atoms with E-state index in [2.05, 4.69) is 21.2 Å². The Kier molecular flexibility index (Phi) is 6.12. The Morgan fingerprint density at radius 1 is 1.56 bits per heavy atom. The molecule has 0 aliphatic heterocycles. The maximum absolute atomic E-state index is 13.4. The Bertz CT molecular complexity index is 412. The molecule has 0 saturated carbocycles. The van der Waals surface area contributed by atoms with Crippen molar-refractivity contribution in [2.45, 2.75) is 32.2 Å². The lowest BCUT2D eigenvalue weighted by Crippen LogP contribution is -2.30. The highest BCUT2D eigenvalue weighted by Gasteiger charge is 2.18. The van der Waals surface area contributed by atoms with Gasteiger partial charge in [-0.05, 0) is 40.5 Å². The number of carbonyl (C=O) groups excluding carboxylic acids is 1. The number of rotatable bonds is 6. The summed E-state index contributed by atoms with van der Waals surface area (Å²) < 4.78 is 18.5. The number of esters is 1. The molecule has 3 nitrogen and oxygen atoms in total. The molecule has 1 rings (SSSR count). The van der Waals surface area contributed by atoms with Crippen LogP contribution in [0.5, 0.6) is 0 Å². The fraction of sp³-hybridized carbons (Fsp3) is 0.462. The molecule has 0 aliphatic carbocycles. The molecule has 0 amide bonds. The minimum atomic E-state index is -0.435. The molecule has 0 fully saturated rings. The standard InChI is InChI=1S/C13H17BrFNO2/c1-3-4-5-12(13(17)18-2)16-9-6-7-10(14)11(15)8-9/h6-8,12,16H,3-5H2,1-2H3. The van der Waals surface area contributed by atoms with E-state index in [9.17, 15) is 9.18 Å². The third kappa shape index (κ3) is 4.29. The maximum Gasteiger partial charge on any atom is 0.328 e. The monoisotopic (exact) mass is 317 g/mol. The van der Waals surface area contributed by atoms with Crippen LogP contribution in [0.4, 0.5) is 10.1 Å². The van der Waals surface area contributed by atoms with Crippen molar-refractivity contribution in [2.24, 2.45) is 0 Å². The van der Waals surface area contributed by atoms with Gasteiger partial charge in [-0.3, -0.25) is 0 Å². The lowest BCUT2D eigenvalue weighted by Gasteiger charge is -2.17. The number of hydrogen-bond donors (Lipinski definition) is 1. The molecule has 1 aromatic carbocycles. The van der Waals surface area contributed by atoms with E-state index in [-0.39, 0.29) is 11.8 Å². The first-order chi connectivity index (χ1) is 8.58. The van der Waals surface area contributed by atoms with Gasteiger partial charge in [0.1, 0.15) is 11.9 Å². The molecule has 100 valence electrons. The van der Waals surface area contributed by atoms with Gasteiger partial charge in [-0.2, -0.15) is 0 Å². The summed E-state index contributed by atoms with van der Waals surface area (Å²) in [5.41, 5.74) is 0.571. The Morgan fingerprint density at radius 3 is 2.83 bits per heavy atom. The largest absolute Gasteiger partial charge is 0.467 e. The normalized spacial score (nSPS) is 12.0. The predicted octanol–water partition coefficient (Wildman–Crippen LogP) is 3.73. The number of benzene rings is 1. The minimum Gasteiger partial charge on any atom is -0.467 e. The average molecular weight is 318 g/mol. The number of nitrogens with one attached hydrogen (secondary N) is 1. The lowest BCUT2D eigenvalue weighted by atomic mass is 10.1. The van der Waals surface area contributed by atoms with Crippen LogP contribution in [0.15, 0.2) is 22.7 Å². The first-order valence-corrected chi connectivity index (χ1v) is 6.67. The molecule has 1 N–H and O–H groups in total. The van der Waals surface area contributed by atoms with Crippen LogP contribution in [-0.4, -0.2) is 19.1 Å². The van der Waals surface area contributed by atoms with Crippen LogP contribution in [0.3, 0.4) is 0 Å². The summed E-state index contributed by atoms with van der Waals surface area (Å²) in [7, 11) is 1.35. The van der Waals surface area contributed by atoms with E-state index in [0.717, 1.165) is 12.8 Å². The van der Waals surface area contributed by atoms with Crippen LogP contribution in [0.2, 0.25) is 0 Å². The van der Waals surface area contributed by atoms with Crippen LogP contribution in [0.1, 0.15) is 26.2 Å². The predicted molar refractivity (Wildman–Crippen MR) is 73.1 cm³/mol. The number of halogens is 2. The summed E-state index contributed by atoms with van der Waals surface area (Å²) in [5.74, 6) is -0.689. The van der Waals surface area contributed by atoms with E-state index >= 15 is 0 Å². The van der Waals surface area contributed by atoms with Crippen molar-refractivity contribution in [2.75, 3.05) is 12.4 Å². The van der Waals surface area contributed by atoms with Crippen LogP contribution in [0.25, 0.3) is 0 Å². The van der Waals surface area contributed by atoms with Crippen LogP contribution < -0.4 is 5.32 Å². The Morgan fingerprint density at radius 2 is 2.28 bits per heavy atom. The van der Waals surface area contributed by atoms with Gasteiger partial charge in [0.15, 0.2) is 0 Å². The highest BCUT2D eigenvalue weighted by Crippen LogP contribution is 2.20. The van der Waals surface area contributed by atoms with Gasteiger partial charge in [-0.25, -0.2) is 9.18 Å². The summed E-state index contributed by atoms with van der Waals surface area (Å²) in [5, 5.41) is 3.00. The molecule has 0 spiro atoms. The SMILES string of the molecule is CCCCC(Nc1ccc(Br)c(F)c1)C(=O)OC. The number of hydrogen-bond acceptors (Lipinski definition) is 3. The Hall–Kier alpha value is -1.10. The first-order valence-electron chi connectivity index (χ1n) is 5.88. The third-order valence-electron chi connectivity index (χ3n) is 2.59.